The maximum Gasteiger partial charge on any atom is 0.00860 e. The number of nitrogens with two attached hydrogens (primary N) is 1. The Kier molecular flexibility index (Phi) is 3.71. The van der Waals surface area contributed by atoms with Gasteiger partial charge in [-0.25, -0.2) is 0 Å². The molecule has 0 amide bonds. The van der Waals surface area contributed by atoms with E-state index in [4.69, 9.17) is 5.73 Å². The molecule has 1 saturated heterocycles. The van der Waals surface area contributed by atoms with Crippen molar-refractivity contribution >= 4 is 11.8 Å². The highest BCUT2D eigenvalue weighted by molar-refractivity contribution is 7.99. The Bertz CT molecular complexity index is 307. The fourth-order valence-corrected chi connectivity index (χ4v) is 3.32. The standard InChI is InChI=1S/C13H19NS/c1-10-2-4-11(5-3-10)8-12-9-15-7-6-13(12)14/h2-5,12-13H,6-9,14H2,1H3. The van der Waals surface area contributed by atoms with Crippen LogP contribution < -0.4 is 5.73 Å². The summed E-state index contributed by atoms with van der Waals surface area (Å²) in [6.45, 7) is 2.13. The van der Waals surface area contributed by atoms with Gasteiger partial charge in [0.15, 0.2) is 0 Å². The van der Waals surface area contributed by atoms with Crippen LogP contribution in [0, 0.1) is 12.8 Å². The number of rotatable bonds is 2. The number of aryl methyl sites for hydroxylation is 1. The quantitative estimate of drug-likeness (QED) is 0.831. The lowest BCUT2D eigenvalue weighted by molar-refractivity contribution is 0.441. The number of thioether (sulfide) groups is 1. The summed E-state index contributed by atoms with van der Waals surface area (Å²) in [6.07, 6.45) is 2.33. The van der Waals surface area contributed by atoms with E-state index in [1.54, 1.807) is 0 Å². The zero-order valence-corrected chi connectivity index (χ0v) is 10.1. The summed E-state index contributed by atoms with van der Waals surface area (Å²) in [5.41, 5.74) is 8.91. The highest BCUT2D eigenvalue weighted by atomic mass is 32.2. The minimum atomic E-state index is 0.410. The molecule has 1 fully saturated rings. The maximum absolute atomic E-state index is 6.14. The summed E-state index contributed by atoms with van der Waals surface area (Å²) in [7, 11) is 0. The van der Waals surface area contributed by atoms with Crippen LogP contribution in [0.2, 0.25) is 0 Å². The third-order valence-electron chi connectivity index (χ3n) is 3.15. The molecule has 0 spiro atoms. The maximum atomic E-state index is 6.14. The van der Waals surface area contributed by atoms with Crippen LogP contribution >= 0.6 is 11.8 Å². The molecule has 1 heterocycles. The smallest absolute Gasteiger partial charge is 0.00860 e. The zero-order chi connectivity index (χ0) is 10.7. The molecule has 1 nitrogen and oxygen atoms in total. The lowest BCUT2D eigenvalue weighted by Crippen LogP contribution is -2.36. The summed E-state index contributed by atoms with van der Waals surface area (Å²) in [5.74, 6) is 3.15. The van der Waals surface area contributed by atoms with Gasteiger partial charge in [-0.2, -0.15) is 11.8 Å². The van der Waals surface area contributed by atoms with E-state index in [0.717, 1.165) is 6.42 Å². The number of benzene rings is 1. The van der Waals surface area contributed by atoms with Crippen LogP contribution in [0.5, 0.6) is 0 Å². The van der Waals surface area contributed by atoms with Crippen molar-refractivity contribution in [3.05, 3.63) is 35.4 Å². The highest BCUT2D eigenvalue weighted by Gasteiger charge is 2.21. The summed E-state index contributed by atoms with van der Waals surface area (Å²) in [4.78, 5) is 0. The summed E-state index contributed by atoms with van der Waals surface area (Å²) in [5, 5.41) is 0. The molecule has 0 aliphatic carbocycles. The van der Waals surface area contributed by atoms with E-state index in [1.165, 1.54) is 29.1 Å². The van der Waals surface area contributed by atoms with Crippen molar-refractivity contribution in [2.24, 2.45) is 11.7 Å². The molecule has 15 heavy (non-hydrogen) atoms. The van der Waals surface area contributed by atoms with Gasteiger partial charge < -0.3 is 5.73 Å². The predicted molar refractivity (Wildman–Crippen MR) is 68.3 cm³/mol. The Morgan fingerprint density at radius 1 is 1.33 bits per heavy atom. The number of hydrogen-bond donors (Lipinski definition) is 1. The van der Waals surface area contributed by atoms with Crippen LogP contribution in [0.1, 0.15) is 17.5 Å². The van der Waals surface area contributed by atoms with E-state index < -0.39 is 0 Å². The Labute approximate surface area is 96.4 Å². The second kappa shape index (κ2) is 5.04. The van der Waals surface area contributed by atoms with Crippen molar-refractivity contribution in [1.82, 2.24) is 0 Å². The van der Waals surface area contributed by atoms with Gasteiger partial charge in [-0.1, -0.05) is 29.8 Å². The largest absolute Gasteiger partial charge is 0.327 e. The van der Waals surface area contributed by atoms with Crippen LogP contribution in [0.25, 0.3) is 0 Å². The molecule has 1 aliphatic rings. The van der Waals surface area contributed by atoms with E-state index in [9.17, 15) is 0 Å². The lowest BCUT2D eigenvalue weighted by Gasteiger charge is -2.28. The van der Waals surface area contributed by atoms with Crippen LogP contribution in [-0.2, 0) is 6.42 Å². The van der Waals surface area contributed by atoms with Crippen molar-refractivity contribution in [1.29, 1.82) is 0 Å². The lowest BCUT2D eigenvalue weighted by atomic mass is 9.92. The van der Waals surface area contributed by atoms with Gasteiger partial charge >= 0.3 is 0 Å². The zero-order valence-electron chi connectivity index (χ0n) is 9.28. The fourth-order valence-electron chi connectivity index (χ4n) is 2.05. The van der Waals surface area contributed by atoms with Crippen LogP contribution in [0.3, 0.4) is 0 Å². The first-order chi connectivity index (χ1) is 7.25. The van der Waals surface area contributed by atoms with Crippen LogP contribution in [0.4, 0.5) is 0 Å². The number of hydrogen-bond acceptors (Lipinski definition) is 2. The van der Waals surface area contributed by atoms with E-state index in [-0.39, 0.29) is 0 Å². The molecule has 1 aromatic rings. The van der Waals surface area contributed by atoms with Crippen molar-refractivity contribution in [3.8, 4) is 0 Å². The SMILES string of the molecule is Cc1ccc(CC2CSCCC2N)cc1. The predicted octanol–water partition coefficient (Wildman–Crippen LogP) is 2.62. The summed E-state index contributed by atoms with van der Waals surface area (Å²) >= 11 is 2.05. The molecule has 2 N–H and O–H groups in total. The average molecular weight is 221 g/mol. The van der Waals surface area contributed by atoms with Gasteiger partial charge in [-0.05, 0) is 42.8 Å². The molecule has 82 valence electrons. The molecule has 2 rings (SSSR count). The molecule has 2 atom stereocenters. The molecule has 0 radical (unpaired) electrons. The molecular weight excluding hydrogens is 202 g/mol. The normalized spacial score (nSPS) is 26.5. The Morgan fingerprint density at radius 3 is 2.73 bits per heavy atom. The van der Waals surface area contributed by atoms with Gasteiger partial charge in [0.25, 0.3) is 0 Å². The average Bonchev–Trinajstić information content (AvgIpc) is 2.25. The van der Waals surface area contributed by atoms with Crippen molar-refractivity contribution in [2.75, 3.05) is 11.5 Å². The molecular formula is C13H19NS. The van der Waals surface area contributed by atoms with E-state index >= 15 is 0 Å². The second-order valence-corrected chi connectivity index (χ2v) is 5.63. The van der Waals surface area contributed by atoms with Gasteiger partial charge in [-0.15, -0.1) is 0 Å². The van der Waals surface area contributed by atoms with Gasteiger partial charge in [0.1, 0.15) is 0 Å². The van der Waals surface area contributed by atoms with Gasteiger partial charge in [0.2, 0.25) is 0 Å². The van der Waals surface area contributed by atoms with E-state index in [2.05, 4.69) is 31.2 Å². The molecule has 2 unspecified atom stereocenters. The molecule has 1 aromatic carbocycles. The Hall–Kier alpha value is -0.470. The van der Waals surface area contributed by atoms with E-state index in [0.29, 0.717) is 12.0 Å². The monoisotopic (exact) mass is 221 g/mol. The van der Waals surface area contributed by atoms with Gasteiger partial charge in [-0.3, -0.25) is 0 Å². The van der Waals surface area contributed by atoms with Gasteiger partial charge in [0.05, 0.1) is 0 Å². The van der Waals surface area contributed by atoms with Crippen molar-refractivity contribution in [2.45, 2.75) is 25.8 Å². The van der Waals surface area contributed by atoms with Crippen LogP contribution in [-0.4, -0.2) is 17.5 Å². The fraction of sp³-hybridized carbons (Fsp3) is 0.538. The highest BCUT2D eigenvalue weighted by Crippen LogP contribution is 2.25. The molecule has 0 aromatic heterocycles. The third kappa shape index (κ3) is 2.99. The first-order valence-electron chi connectivity index (χ1n) is 5.64. The second-order valence-electron chi connectivity index (χ2n) is 4.48. The first kappa shape index (κ1) is 11.0. The van der Waals surface area contributed by atoms with Crippen LogP contribution in [0.15, 0.2) is 24.3 Å². The summed E-state index contributed by atoms with van der Waals surface area (Å²) in [6, 6.07) is 9.27. The minimum Gasteiger partial charge on any atom is -0.327 e. The summed E-state index contributed by atoms with van der Waals surface area (Å²) < 4.78 is 0. The van der Waals surface area contributed by atoms with E-state index in [1.807, 2.05) is 11.8 Å². The molecule has 0 saturated carbocycles. The Balaban J connectivity index is 1.98. The van der Waals surface area contributed by atoms with Crippen molar-refractivity contribution in [3.63, 3.8) is 0 Å². The molecule has 0 bridgehead atoms. The minimum absolute atomic E-state index is 0.410. The topological polar surface area (TPSA) is 26.0 Å². The Morgan fingerprint density at radius 2 is 2.07 bits per heavy atom. The van der Waals surface area contributed by atoms with Crippen molar-refractivity contribution < 1.29 is 0 Å². The third-order valence-corrected chi connectivity index (χ3v) is 4.34. The molecule has 1 aliphatic heterocycles. The first-order valence-corrected chi connectivity index (χ1v) is 6.80. The molecule has 2 heteroatoms. The van der Waals surface area contributed by atoms with Gasteiger partial charge in [0, 0.05) is 6.04 Å².